The Labute approximate surface area is 77.5 Å². The Morgan fingerprint density at radius 2 is 1.46 bits per heavy atom. The first kappa shape index (κ1) is 7.54. The molecule has 0 aromatic heterocycles. The van der Waals surface area contributed by atoms with Gasteiger partial charge in [-0.3, -0.25) is 0 Å². The maximum Gasteiger partial charge on any atom is 0.176 e. The highest BCUT2D eigenvalue weighted by Crippen LogP contribution is 2.36. The third kappa shape index (κ3) is 1.10. The predicted octanol–water partition coefficient (Wildman–Crippen LogP) is 1.53. The van der Waals surface area contributed by atoms with E-state index in [0.717, 1.165) is 26.1 Å². The molecule has 1 aromatic rings. The Morgan fingerprint density at radius 3 is 2.00 bits per heavy atom. The average Bonchev–Trinajstić information content (AvgIpc) is 2.72. The second-order valence-electron chi connectivity index (χ2n) is 3.73. The summed E-state index contributed by atoms with van der Waals surface area (Å²) in [6, 6.07) is 8.48. The van der Waals surface area contributed by atoms with Crippen molar-refractivity contribution in [2.75, 3.05) is 13.2 Å². The van der Waals surface area contributed by atoms with E-state index < -0.39 is 0 Å². The molecule has 1 fully saturated rings. The Morgan fingerprint density at radius 1 is 0.923 bits per heavy atom. The van der Waals surface area contributed by atoms with Crippen molar-refractivity contribution < 1.29 is 9.47 Å². The van der Waals surface area contributed by atoms with Crippen molar-refractivity contribution in [3.63, 3.8) is 0 Å². The van der Waals surface area contributed by atoms with Crippen molar-refractivity contribution in [2.24, 2.45) is 0 Å². The van der Waals surface area contributed by atoms with Crippen molar-refractivity contribution in [2.45, 2.75) is 18.6 Å². The fraction of sp³-hybridized carbons (Fsp3) is 0.455. The summed E-state index contributed by atoms with van der Waals surface area (Å²) >= 11 is 0. The summed E-state index contributed by atoms with van der Waals surface area (Å²) in [5.41, 5.74) is 2.76. The van der Waals surface area contributed by atoms with Gasteiger partial charge in [0.15, 0.2) is 5.79 Å². The lowest BCUT2D eigenvalue weighted by atomic mass is 10.1. The Hall–Kier alpha value is -0.860. The van der Waals surface area contributed by atoms with Crippen molar-refractivity contribution in [1.82, 2.24) is 0 Å². The van der Waals surface area contributed by atoms with Crippen molar-refractivity contribution >= 4 is 0 Å². The molecule has 0 saturated carbocycles. The highest BCUT2D eigenvalue weighted by atomic mass is 16.7. The lowest BCUT2D eigenvalue weighted by molar-refractivity contribution is -0.147. The summed E-state index contributed by atoms with van der Waals surface area (Å²) in [5, 5.41) is 0. The van der Waals surface area contributed by atoms with Crippen LogP contribution in [0, 0.1) is 0 Å². The quantitative estimate of drug-likeness (QED) is 0.596. The van der Waals surface area contributed by atoms with E-state index in [1.54, 1.807) is 0 Å². The molecule has 13 heavy (non-hydrogen) atoms. The lowest BCUT2D eigenvalue weighted by Gasteiger charge is -2.20. The number of hydrogen-bond donors (Lipinski definition) is 0. The molecule has 0 bridgehead atoms. The van der Waals surface area contributed by atoms with Gasteiger partial charge < -0.3 is 9.47 Å². The highest BCUT2D eigenvalue weighted by Gasteiger charge is 2.42. The molecule has 0 unspecified atom stereocenters. The van der Waals surface area contributed by atoms with Crippen LogP contribution in [0.15, 0.2) is 24.3 Å². The molecule has 0 atom stereocenters. The Kier molecular flexibility index (Phi) is 1.49. The smallest absolute Gasteiger partial charge is 0.176 e. The van der Waals surface area contributed by atoms with E-state index in [9.17, 15) is 0 Å². The molecule has 1 heterocycles. The van der Waals surface area contributed by atoms with Gasteiger partial charge in [0.1, 0.15) is 0 Å². The molecule has 0 N–H and O–H groups in total. The third-order valence-electron chi connectivity index (χ3n) is 2.85. The normalized spacial score (nSPS) is 23.7. The van der Waals surface area contributed by atoms with Crippen LogP contribution in [-0.2, 0) is 22.3 Å². The maximum atomic E-state index is 5.66. The first-order valence-electron chi connectivity index (χ1n) is 4.73. The first-order valence-corrected chi connectivity index (χ1v) is 4.73. The topological polar surface area (TPSA) is 18.5 Å². The van der Waals surface area contributed by atoms with Gasteiger partial charge in [-0.05, 0) is 11.1 Å². The lowest BCUT2D eigenvalue weighted by Crippen LogP contribution is -2.30. The van der Waals surface area contributed by atoms with Gasteiger partial charge in [0.25, 0.3) is 0 Å². The van der Waals surface area contributed by atoms with Crippen molar-refractivity contribution in [1.29, 1.82) is 0 Å². The predicted molar refractivity (Wildman–Crippen MR) is 48.5 cm³/mol. The summed E-state index contributed by atoms with van der Waals surface area (Å²) in [4.78, 5) is 0. The molecule has 1 aromatic carbocycles. The number of ether oxygens (including phenoxy) is 2. The first-order chi connectivity index (χ1) is 6.38. The van der Waals surface area contributed by atoms with Crippen molar-refractivity contribution in [3.8, 4) is 0 Å². The van der Waals surface area contributed by atoms with E-state index in [4.69, 9.17) is 9.47 Å². The van der Waals surface area contributed by atoms with E-state index in [0.29, 0.717) is 0 Å². The molecule has 2 heteroatoms. The fourth-order valence-electron chi connectivity index (χ4n) is 2.25. The average molecular weight is 176 g/mol. The molecule has 68 valence electrons. The molecular formula is C11H12O2. The number of hydrogen-bond acceptors (Lipinski definition) is 2. The molecule has 2 aliphatic rings. The van der Waals surface area contributed by atoms with Gasteiger partial charge in [0.05, 0.1) is 13.2 Å². The maximum absolute atomic E-state index is 5.66. The summed E-state index contributed by atoms with van der Waals surface area (Å²) < 4.78 is 11.3. The Bertz CT molecular complexity index is 300. The van der Waals surface area contributed by atoms with Crippen molar-refractivity contribution in [3.05, 3.63) is 35.4 Å². The zero-order chi connectivity index (χ0) is 8.73. The van der Waals surface area contributed by atoms with E-state index in [1.807, 2.05) is 0 Å². The highest BCUT2D eigenvalue weighted by molar-refractivity contribution is 5.34. The largest absolute Gasteiger partial charge is 0.347 e. The minimum absolute atomic E-state index is 0.302. The van der Waals surface area contributed by atoms with Gasteiger partial charge in [-0.15, -0.1) is 0 Å². The molecule has 1 spiro atoms. The molecule has 1 saturated heterocycles. The van der Waals surface area contributed by atoms with E-state index in [1.165, 1.54) is 11.1 Å². The molecule has 1 aliphatic carbocycles. The summed E-state index contributed by atoms with van der Waals surface area (Å²) in [5.74, 6) is -0.302. The number of fused-ring (bicyclic) bond motifs is 1. The van der Waals surface area contributed by atoms with E-state index in [2.05, 4.69) is 24.3 Å². The summed E-state index contributed by atoms with van der Waals surface area (Å²) in [6.07, 6.45) is 1.84. The second kappa shape index (κ2) is 2.56. The van der Waals surface area contributed by atoms with Crippen LogP contribution in [0.3, 0.4) is 0 Å². The van der Waals surface area contributed by atoms with Gasteiger partial charge in [-0.2, -0.15) is 0 Å². The molecule has 0 amide bonds. The van der Waals surface area contributed by atoms with Gasteiger partial charge in [0, 0.05) is 12.8 Å². The van der Waals surface area contributed by atoms with Gasteiger partial charge in [-0.1, -0.05) is 24.3 Å². The summed E-state index contributed by atoms with van der Waals surface area (Å²) in [7, 11) is 0. The third-order valence-corrected chi connectivity index (χ3v) is 2.85. The Balaban J connectivity index is 1.96. The fourth-order valence-corrected chi connectivity index (χ4v) is 2.25. The minimum Gasteiger partial charge on any atom is -0.347 e. The monoisotopic (exact) mass is 176 g/mol. The van der Waals surface area contributed by atoms with E-state index in [-0.39, 0.29) is 5.79 Å². The van der Waals surface area contributed by atoms with Crippen LogP contribution in [-0.4, -0.2) is 19.0 Å². The van der Waals surface area contributed by atoms with Crippen LogP contribution in [0.5, 0.6) is 0 Å². The van der Waals surface area contributed by atoms with E-state index >= 15 is 0 Å². The molecule has 3 rings (SSSR count). The summed E-state index contributed by atoms with van der Waals surface area (Å²) in [6.45, 7) is 1.49. The SMILES string of the molecule is c1ccc2c(c1)CC1(C2)OCCO1. The molecule has 1 aliphatic heterocycles. The standard InChI is InChI=1S/C11H12O2/c1-2-4-10-8-11(7-9(10)3-1)12-5-6-13-11/h1-4H,5-8H2. The molecule has 2 nitrogen and oxygen atoms in total. The van der Waals surface area contributed by atoms with Crippen LogP contribution in [0.4, 0.5) is 0 Å². The van der Waals surface area contributed by atoms with Crippen LogP contribution in [0.2, 0.25) is 0 Å². The minimum atomic E-state index is -0.302. The van der Waals surface area contributed by atoms with Crippen LogP contribution < -0.4 is 0 Å². The van der Waals surface area contributed by atoms with Gasteiger partial charge in [-0.25, -0.2) is 0 Å². The van der Waals surface area contributed by atoms with Crippen LogP contribution in [0.1, 0.15) is 11.1 Å². The molecule has 0 radical (unpaired) electrons. The van der Waals surface area contributed by atoms with Crippen LogP contribution in [0.25, 0.3) is 0 Å². The zero-order valence-electron chi connectivity index (χ0n) is 7.45. The molecular weight excluding hydrogens is 164 g/mol. The van der Waals surface area contributed by atoms with Crippen LogP contribution >= 0.6 is 0 Å². The second-order valence-corrected chi connectivity index (χ2v) is 3.73. The van der Waals surface area contributed by atoms with Gasteiger partial charge in [0.2, 0.25) is 0 Å². The van der Waals surface area contributed by atoms with Gasteiger partial charge >= 0.3 is 0 Å². The zero-order valence-corrected chi connectivity index (χ0v) is 7.45. The number of rotatable bonds is 0. The number of benzene rings is 1.